The van der Waals surface area contributed by atoms with Gasteiger partial charge in [0.15, 0.2) is 5.78 Å². The molecule has 9 heteroatoms. The summed E-state index contributed by atoms with van der Waals surface area (Å²) < 4.78 is 5.93. The van der Waals surface area contributed by atoms with E-state index in [0.717, 1.165) is 49.4 Å². The minimum atomic E-state index is -0.686. The van der Waals surface area contributed by atoms with E-state index in [1.165, 1.54) is 6.42 Å². The fourth-order valence-corrected chi connectivity index (χ4v) is 7.38. The highest BCUT2D eigenvalue weighted by atomic mass is 16.3. The molecule has 1 aromatic heterocycles. The molecule has 41 heavy (non-hydrogen) atoms. The third-order valence-electron chi connectivity index (χ3n) is 9.49. The van der Waals surface area contributed by atoms with Crippen LogP contribution in [0.15, 0.2) is 58.3 Å². The van der Waals surface area contributed by atoms with Gasteiger partial charge in [-0.25, -0.2) is 0 Å². The number of likely N-dealkylation sites (tertiary alicyclic amines) is 2. The number of anilines is 2. The highest BCUT2D eigenvalue weighted by molar-refractivity contribution is 6.01. The van der Waals surface area contributed by atoms with Crippen molar-refractivity contribution in [3.05, 3.63) is 59.7 Å². The van der Waals surface area contributed by atoms with Gasteiger partial charge in [-0.05, 0) is 74.9 Å². The summed E-state index contributed by atoms with van der Waals surface area (Å²) in [5.74, 6) is 0.380. The molecule has 1 aromatic carbocycles. The Morgan fingerprint density at radius 1 is 1.00 bits per heavy atom. The van der Waals surface area contributed by atoms with E-state index in [1.807, 2.05) is 46.2 Å². The van der Waals surface area contributed by atoms with Gasteiger partial charge in [0.05, 0.1) is 24.2 Å². The molecule has 1 aliphatic carbocycles. The molecule has 6 rings (SSSR count). The summed E-state index contributed by atoms with van der Waals surface area (Å²) in [4.78, 5) is 46.6. The van der Waals surface area contributed by atoms with Gasteiger partial charge in [-0.2, -0.15) is 0 Å². The number of furan rings is 1. The number of nitrogens with one attached hydrogen (secondary N) is 1. The van der Waals surface area contributed by atoms with E-state index in [4.69, 9.17) is 10.2 Å². The molecule has 3 N–H and O–H groups in total. The monoisotopic (exact) mass is 559 g/mol. The van der Waals surface area contributed by atoms with Crippen LogP contribution in [0.3, 0.4) is 0 Å². The van der Waals surface area contributed by atoms with Crippen molar-refractivity contribution in [2.45, 2.75) is 70.4 Å². The molecular formula is C32H41N5O4. The SMILES string of the molecule is CC1(C)CC(=O)C2=C(C1)Nc1ccccc1N(CC(=O)N1CCC(C(N)=O)(N3CCCCC3)CC1)C2c1ccco1. The Bertz CT molecular complexity index is 1350. The molecule has 4 aliphatic rings. The predicted octanol–water partition coefficient (Wildman–Crippen LogP) is 4.23. The van der Waals surface area contributed by atoms with E-state index in [-0.39, 0.29) is 29.6 Å². The third-order valence-corrected chi connectivity index (χ3v) is 9.49. The van der Waals surface area contributed by atoms with Crippen LogP contribution in [0.2, 0.25) is 0 Å². The van der Waals surface area contributed by atoms with Crippen LogP contribution in [-0.4, -0.2) is 65.7 Å². The van der Waals surface area contributed by atoms with Crippen LogP contribution in [0.4, 0.5) is 11.4 Å². The molecule has 0 spiro atoms. The number of carbonyl (C=O) groups is 3. The number of ketones is 1. The van der Waals surface area contributed by atoms with E-state index in [1.54, 1.807) is 6.26 Å². The Balaban J connectivity index is 1.31. The fraction of sp³-hybridized carbons (Fsp3) is 0.531. The molecule has 2 aromatic rings. The molecule has 2 fully saturated rings. The highest BCUT2D eigenvalue weighted by Crippen LogP contribution is 2.48. The number of nitrogens with two attached hydrogens (primary N) is 1. The summed E-state index contributed by atoms with van der Waals surface area (Å²) in [6.07, 6.45) is 7.17. The zero-order valence-corrected chi connectivity index (χ0v) is 24.2. The second-order valence-corrected chi connectivity index (χ2v) is 12.8. The number of carbonyl (C=O) groups excluding carboxylic acids is 3. The van der Waals surface area contributed by atoms with Gasteiger partial charge in [-0.15, -0.1) is 0 Å². The number of piperidine rings is 2. The van der Waals surface area contributed by atoms with Crippen LogP contribution in [0.25, 0.3) is 0 Å². The van der Waals surface area contributed by atoms with Crippen LogP contribution in [0.5, 0.6) is 0 Å². The minimum Gasteiger partial charge on any atom is -0.467 e. The van der Waals surface area contributed by atoms with Crippen LogP contribution in [-0.2, 0) is 14.4 Å². The number of fused-ring (bicyclic) bond motifs is 1. The van der Waals surface area contributed by atoms with Gasteiger partial charge in [0, 0.05) is 30.8 Å². The molecule has 0 saturated carbocycles. The Morgan fingerprint density at radius 2 is 1.73 bits per heavy atom. The number of para-hydroxylation sites is 2. The van der Waals surface area contributed by atoms with Crippen molar-refractivity contribution in [2.24, 2.45) is 11.1 Å². The molecule has 1 unspecified atom stereocenters. The van der Waals surface area contributed by atoms with Gasteiger partial charge in [-0.3, -0.25) is 19.3 Å². The summed E-state index contributed by atoms with van der Waals surface area (Å²) >= 11 is 0. The molecule has 2 amide bonds. The number of primary amides is 1. The first-order valence-electron chi connectivity index (χ1n) is 14.9. The Labute approximate surface area is 241 Å². The minimum absolute atomic E-state index is 0.0410. The molecule has 4 heterocycles. The maximum absolute atomic E-state index is 14.0. The maximum Gasteiger partial charge on any atom is 0.242 e. The van der Waals surface area contributed by atoms with Gasteiger partial charge in [0.1, 0.15) is 17.3 Å². The van der Waals surface area contributed by atoms with E-state index in [0.29, 0.717) is 43.7 Å². The lowest BCUT2D eigenvalue weighted by Crippen LogP contribution is -2.64. The normalized spacial score (nSPS) is 24.2. The number of hydrogen-bond acceptors (Lipinski definition) is 7. The topological polar surface area (TPSA) is 112 Å². The third kappa shape index (κ3) is 5.05. The van der Waals surface area contributed by atoms with Gasteiger partial charge >= 0.3 is 0 Å². The molecular weight excluding hydrogens is 518 g/mol. The van der Waals surface area contributed by atoms with Crippen LogP contribution in [0, 0.1) is 5.41 Å². The molecule has 2 saturated heterocycles. The van der Waals surface area contributed by atoms with Gasteiger partial charge in [0.25, 0.3) is 0 Å². The first-order valence-corrected chi connectivity index (χ1v) is 14.9. The van der Waals surface area contributed by atoms with Crippen molar-refractivity contribution in [3.8, 4) is 0 Å². The lowest BCUT2D eigenvalue weighted by Gasteiger charge is -2.48. The van der Waals surface area contributed by atoms with Crippen LogP contribution >= 0.6 is 0 Å². The fourth-order valence-electron chi connectivity index (χ4n) is 7.38. The summed E-state index contributed by atoms with van der Waals surface area (Å²) in [7, 11) is 0. The average molecular weight is 560 g/mol. The van der Waals surface area contributed by atoms with E-state index in [2.05, 4.69) is 24.1 Å². The Hall–Kier alpha value is -3.59. The van der Waals surface area contributed by atoms with Crippen molar-refractivity contribution >= 4 is 29.0 Å². The van der Waals surface area contributed by atoms with Crippen LogP contribution in [0.1, 0.15) is 70.6 Å². The molecule has 3 aliphatic heterocycles. The second kappa shape index (κ2) is 10.7. The summed E-state index contributed by atoms with van der Waals surface area (Å²) in [6.45, 7) is 7.00. The van der Waals surface area contributed by atoms with Gasteiger partial charge < -0.3 is 25.3 Å². The number of rotatable bonds is 5. The second-order valence-electron chi connectivity index (χ2n) is 12.8. The maximum atomic E-state index is 14.0. The molecule has 1 atom stereocenters. The zero-order valence-electron chi connectivity index (χ0n) is 24.2. The summed E-state index contributed by atoms with van der Waals surface area (Å²) in [5.41, 5.74) is 8.40. The molecule has 0 radical (unpaired) electrons. The smallest absolute Gasteiger partial charge is 0.242 e. The number of Topliss-reactive ketones (excluding diaryl/α,β-unsaturated/α-hetero) is 1. The quantitative estimate of drug-likeness (QED) is 0.564. The van der Waals surface area contributed by atoms with Gasteiger partial charge in [0.2, 0.25) is 11.8 Å². The van der Waals surface area contributed by atoms with E-state index in [9.17, 15) is 14.4 Å². The lowest BCUT2D eigenvalue weighted by atomic mass is 9.74. The van der Waals surface area contributed by atoms with E-state index < -0.39 is 11.6 Å². The van der Waals surface area contributed by atoms with Crippen molar-refractivity contribution in [2.75, 3.05) is 42.9 Å². The van der Waals surface area contributed by atoms with E-state index >= 15 is 0 Å². The first kappa shape index (κ1) is 27.6. The predicted molar refractivity (Wildman–Crippen MR) is 157 cm³/mol. The molecule has 218 valence electrons. The number of benzene rings is 1. The number of nitrogens with zero attached hydrogens (tertiary/aromatic N) is 3. The van der Waals surface area contributed by atoms with Crippen molar-refractivity contribution in [1.29, 1.82) is 0 Å². The van der Waals surface area contributed by atoms with Crippen LogP contribution < -0.4 is 16.0 Å². The average Bonchev–Trinajstić information content (AvgIpc) is 3.44. The van der Waals surface area contributed by atoms with Gasteiger partial charge in [-0.1, -0.05) is 32.4 Å². The molecule has 0 bridgehead atoms. The zero-order chi connectivity index (χ0) is 28.8. The molecule has 9 nitrogen and oxygen atoms in total. The number of amides is 2. The largest absolute Gasteiger partial charge is 0.467 e. The standard InChI is InChI=1S/C32H41N5O4/c1-31(2)19-23-28(25(38)20-31)29(26-11-8-18-41-26)37(24-10-5-4-9-22(24)34-23)21-27(39)35-16-12-32(13-17-35,30(33)40)36-14-6-3-7-15-36/h4-5,8-11,18,29,34H,3,6-7,12-17,19-21H2,1-2H3,(H2,33,40). The summed E-state index contributed by atoms with van der Waals surface area (Å²) in [6, 6.07) is 11.1. The number of hydrogen-bond donors (Lipinski definition) is 2. The van der Waals surface area contributed by atoms with Crippen molar-refractivity contribution in [1.82, 2.24) is 9.80 Å². The number of allylic oxidation sites excluding steroid dienone is 1. The highest BCUT2D eigenvalue weighted by Gasteiger charge is 2.47. The lowest BCUT2D eigenvalue weighted by molar-refractivity contribution is -0.141. The Morgan fingerprint density at radius 3 is 2.41 bits per heavy atom. The Kier molecular flexibility index (Phi) is 7.18. The first-order chi connectivity index (χ1) is 19.7. The summed E-state index contributed by atoms with van der Waals surface area (Å²) in [5, 5.41) is 3.58. The van der Waals surface area contributed by atoms with Crippen molar-refractivity contribution in [3.63, 3.8) is 0 Å². The van der Waals surface area contributed by atoms with Crippen molar-refractivity contribution < 1.29 is 18.8 Å².